The number of carbonyl (C=O) groups excluding carboxylic acids is 1. The van der Waals surface area contributed by atoms with Crippen LogP contribution in [-0.4, -0.2) is 29.3 Å². The van der Waals surface area contributed by atoms with Crippen molar-refractivity contribution in [2.45, 2.75) is 51.7 Å². The van der Waals surface area contributed by atoms with Crippen molar-refractivity contribution < 1.29 is 9.53 Å². The second-order valence-electron chi connectivity index (χ2n) is 6.95. The van der Waals surface area contributed by atoms with Gasteiger partial charge in [-0.05, 0) is 58.1 Å². The molecule has 1 saturated carbocycles. The number of amides is 1. The number of alkyl carbamates (subject to hydrolysis) is 1. The third-order valence-corrected chi connectivity index (χ3v) is 3.73. The lowest BCUT2D eigenvalue weighted by Gasteiger charge is -2.21. The van der Waals surface area contributed by atoms with Crippen molar-refractivity contribution in [1.29, 1.82) is 5.26 Å². The van der Waals surface area contributed by atoms with Crippen LogP contribution in [0.5, 0.6) is 0 Å². The van der Waals surface area contributed by atoms with E-state index in [0.717, 1.165) is 31.6 Å². The Hall–Kier alpha value is -2.29. The van der Waals surface area contributed by atoms with Crippen LogP contribution in [0.25, 0.3) is 0 Å². The summed E-state index contributed by atoms with van der Waals surface area (Å²) >= 11 is 0. The van der Waals surface area contributed by atoms with E-state index < -0.39 is 5.60 Å². The molecule has 1 heterocycles. The number of rotatable bonds is 4. The fraction of sp³-hybridized carbons (Fsp3) is 0.588. The number of aromatic nitrogens is 1. The van der Waals surface area contributed by atoms with Gasteiger partial charge in [0.15, 0.2) is 0 Å². The van der Waals surface area contributed by atoms with Crippen LogP contribution in [0.1, 0.15) is 45.6 Å². The predicted octanol–water partition coefficient (Wildman–Crippen LogP) is 3.06. The molecule has 1 aromatic rings. The molecule has 0 radical (unpaired) electrons. The molecular weight excluding hydrogens is 292 g/mol. The minimum atomic E-state index is -0.467. The van der Waals surface area contributed by atoms with Crippen LogP contribution in [0.2, 0.25) is 0 Å². The van der Waals surface area contributed by atoms with E-state index in [0.29, 0.717) is 11.5 Å². The van der Waals surface area contributed by atoms with Gasteiger partial charge in [0.05, 0.1) is 5.56 Å². The van der Waals surface area contributed by atoms with Crippen molar-refractivity contribution >= 4 is 11.9 Å². The van der Waals surface area contributed by atoms with E-state index in [1.807, 2.05) is 32.9 Å². The molecule has 1 amide bonds. The summed E-state index contributed by atoms with van der Waals surface area (Å²) < 4.78 is 5.28. The fourth-order valence-electron chi connectivity index (χ4n) is 2.68. The highest BCUT2D eigenvalue weighted by Gasteiger charge is 2.27. The summed E-state index contributed by atoms with van der Waals surface area (Å²) in [6, 6.07) is 5.78. The van der Waals surface area contributed by atoms with Crippen LogP contribution < -0.4 is 10.6 Å². The van der Waals surface area contributed by atoms with Crippen LogP contribution in [0.15, 0.2) is 18.3 Å². The second-order valence-corrected chi connectivity index (χ2v) is 6.95. The summed E-state index contributed by atoms with van der Waals surface area (Å²) in [5.41, 5.74) is 0.0864. The van der Waals surface area contributed by atoms with Gasteiger partial charge in [-0.3, -0.25) is 0 Å². The first kappa shape index (κ1) is 17.1. The topological polar surface area (TPSA) is 87.0 Å². The number of hydrogen-bond acceptors (Lipinski definition) is 5. The Morgan fingerprint density at radius 2 is 2.22 bits per heavy atom. The molecule has 6 nitrogen and oxygen atoms in total. The molecule has 1 fully saturated rings. The maximum absolute atomic E-state index is 11.8. The molecule has 23 heavy (non-hydrogen) atoms. The van der Waals surface area contributed by atoms with Crippen LogP contribution in [0.4, 0.5) is 10.6 Å². The SMILES string of the molecule is CC(C)(C)OC(=O)N[C@@H]1CC[C@@H](CNc2ccc(C#N)cn2)C1. The van der Waals surface area contributed by atoms with Gasteiger partial charge in [0.25, 0.3) is 0 Å². The van der Waals surface area contributed by atoms with Crippen molar-refractivity contribution in [2.75, 3.05) is 11.9 Å². The smallest absolute Gasteiger partial charge is 0.407 e. The lowest BCUT2D eigenvalue weighted by atomic mass is 10.1. The molecule has 1 aliphatic rings. The lowest BCUT2D eigenvalue weighted by molar-refractivity contribution is 0.0505. The largest absolute Gasteiger partial charge is 0.444 e. The molecule has 2 N–H and O–H groups in total. The Kier molecular flexibility index (Phi) is 5.43. The van der Waals surface area contributed by atoms with Crippen molar-refractivity contribution in [3.63, 3.8) is 0 Å². The molecule has 1 aromatic heterocycles. The average Bonchev–Trinajstić information content (AvgIpc) is 2.91. The van der Waals surface area contributed by atoms with Gasteiger partial charge in [0.2, 0.25) is 0 Å². The van der Waals surface area contributed by atoms with E-state index in [9.17, 15) is 4.79 Å². The van der Waals surface area contributed by atoms with E-state index in [1.165, 1.54) is 0 Å². The highest BCUT2D eigenvalue weighted by atomic mass is 16.6. The Morgan fingerprint density at radius 1 is 1.43 bits per heavy atom. The quantitative estimate of drug-likeness (QED) is 0.891. The zero-order chi connectivity index (χ0) is 16.9. The minimum absolute atomic E-state index is 0.172. The number of hydrogen-bond donors (Lipinski definition) is 2. The lowest BCUT2D eigenvalue weighted by Crippen LogP contribution is -2.38. The number of anilines is 1. The summed E-state index contributed by atoms with van der Waals surface area (Å²) in [6.07, 6.45) is 4.17. The van der Waals surface area contributed by atoms with Gasteiger partial charge in [-0.1, -0.05) is 0 Å². The highest BCUT2D eigenvalue weighted by molar-refractivity contribution is 5.68. The Bertz CT molecular complexity index is 572. The zero-order valence-corrected chi connectivity index (χ0v) is 13.9. The highest BCUT2D eigenvalue weighted by Crippen LogP contribution is 2.26. The fourth-order valence-corrected chi connectivity index (χ4v) is 2.68. The van der Waals surface area contributed by atoms with Gasteiger partial charge in [-0.15, -0.1) is 0 Å². The van der Waals surface area contributed by atoms with Gasteiger partial charge >= 0.3 is 6.09 Å². The number of nitrogens with one attached hydrogen (secondary N) is 2. The van der Waals surface area contributed by atoms with Crippen LogP contribution in [0, 0.1) is 17.2 Å². The molecule has 2 atom stereocenters. The molecule has 124 valence electrons. The van der Waals surface area contributed by atoms with E-state index >= 15 is 0 Å². The molecule has 6 heteroatoms. The first-order valence-electron chi connectivity index (χ1n) is 7.95. The first-order valence-corrected chi connectivity index (χ1v) is 7.95. The van der Waals surface area contributed by atoms with Crippen molar-refractivity contribution in [3.8, 4) is 6.07 Å². The molecule has 0 saturated heterocycles. The average molecular weight is 316 g/mol. The molecule has 0 aliphatic heterocycles. The van der Waals surface area contributed by atoms with Gasteiger partial charge in [-0.2, -0.15) is 5.26 Å². The molecule has 0 aromatic carbocycles. The van der Waals surface area contributed by atoms with Crippen molar-refractivity contribution in [1.82, 2.24) is 10.3 Å². The van der Waals surface area contributed by atoms with Gasteiger partial charge in [0.1, 0.15) is 17.5 Å². The Labute approximate surface area is 137 Å². The summed E-state index contributed by atoms with van der Waals surface area (Å²) in [7, 11) is 0. The Balaban J connectivity index is 1.73. The first-order chi connectivity index (χ1) is 10.9. The molecule has 2 rings (SSSR count). The van der Waals surface area contributed by atoms with Gasteiger partial charge in [0, 0.05) is 18.8 Å². The molecule has 0 unspecified atom stereocenters. The van der Waals surface area contributed by atoms with Crippen molar-refractivity contribution in [2.24, 2.45) is 5.92 Å². The van der Waals surface area contributed by atoms with E-state index in [2.05, 4.69) is 15.6 Å². The van der Waals surface area contributed by atoms with E-state index in [4.69, 9.17) is 10.00 Å². The third kappa shape index (κ3) is 5.78. The standard InChI is InChI=1S/C17H24N4O2/c1-17(2,3)23-16(22)21-14-6-4-12(8-14)10-19-15-7-5-13(9-18)11-20-15/h5,7,11-12,14H,4,6,8,10H2,1-3H3,(H,19,20)(H,21,22)/t12-,14-/m1/s1. The molecule has 0 spiro atoms. The third-order valence-electron chi connectivity index (χ3n) is 3.73. The van der Waals surface area contributed by atoms with Crippen LogP contribution in [-0.2, 0) is 4.74 Å². The summed E-state index contributed by atoms with van der Waals surface area (Å²) in [6.45, 7) is 6.39. The summed E-state index contributed by atoms with van der Waals surface area (Å²) in [4.78, 5) is 16.0. The Morgan fingerprint density at radius 3 is 2.83 bits per heavy atom. The van der Waals surface area contributed by atoms with Crippen LogP contribution >= 0.6 is 0 Å². The summed E-state index contributed by atoms with van der Waals surface area (Å²) in [5, 5.41) is 15.0. The maximum atomic E-state index is 11.8. The number of nitrogens with zero attached hydrogens (tertiary/aromatic N) is 2. The number of ether oxygens (including phenoxy) is 1. The number of pyridine rings is 1. The van der Waals surface area contributed by atoms with Crippen molar-refractivity contribution in [3.05, 3.63) is 23.9 Å². The zero-order valence-electron chi connectivity index (χ0n) is 13.9. The number of nitriles is 1. The second kappa shape index (κ2) is 7.32. The molecular formula is C17H24N4O2. The molecule has 0 bridgehead atoms. The van der Waals surface area contributed by atoms with Crippen LogP contribution in [0.3, 0.4) is 0 Å². The number of carbonyl (C=O) groups is 1. The van der Waals surface area contributed by atoms with E-state index in [1.54, 1.807) is 12.3 Å². The normalized spacial score (nSPS) is 20.6. The van der Waals surface area contributed by atoms with Gasteiger partial charge in [-0.25, -0.2) is 9.78 Å². The monoisotopic (exact) mass is 316 g/mol. The van der Waals surface area contributed by atoms with Gasteiger partial charge < -0.3 is 15.4 Å². The summed E-state index contributed by atoms with van der Waals surface area (Å²) in [5.74, 6) is 1.26. The molecule has 1 aliphatic carbocycles. The van der Waals surface area contributed by atoms with E-state index in [-0.39, 0.29) is 12.1 Å². The maximum Gasteiger partial charge on any atom is 0.407 e. The predicted molar refractivity (Wildman–Crippen MR) is 87.9 cm³/mol. The minimum Gasteiger partial charge on any atom is -0.444 e.